The molecule has 1 atom stereocenters. The highest BCUT2D eigenvalue weighted by Crippen LogP contribution is 2.42. The maximum Gasteiger partial charge on any atom is 0.0624 e. The maximum absolute atomic E-state index is 9.89. The fourth-order valence-corrected chi connectivity index (χ4v) is 4.30. The zero-order chi connectivity index (χ0) is 14.6. The number of aliphatic hydroxyl groups excluding tert-OH is 1. The highest BCUT2D eigenvalue weighted by molar-refractivity contribution is 7.98. The first kappa shape index (κ1) is 16.2. The van der Waals surface area contributed by atoms with Crippen molar-refractivity contribution >= 4 is 23.4 Å². The zero-order valence-electron chi connectivity index (χ0n) is 12.2. The minimum Gasteiger partial charge on any atom is -0.394 e. The van der Waals surface area contributed by atoms with Crippen molar-refractivity contribution < 1.29 is 5.11 Å². The Bertz CT molecular complexity index is 436. The Labute approximate surface area is 131 Å². The molecule has 1 saturated carbocycles. The molecule has 2 nitrogen and oxygen atoms in total. The number of halogens is 1. The molecule has 4 heteroatoms. The molecule has 20 heavy (non-hydrogen) atoms. The third kappa shape index (κ3) is 4.14. The van der Waals surface area contributed by atoms with Crippen molar-refractivity contribution in [3.8, 4) is 0 Å². The average molecular weight is 314 g/mol. The van der Waals surface area contributed by atoms with Crippen LogP contribution in [0.5, 0.6) is 0 Å². The van der Waals surface area contributed by atoms with Gasteiger partial charge in [-0.3, -0.25) is 0 Å². The van der Waals surface area contributed by atoms with Gasteiger partial charge in [0.1, 0.15) is 0 Å². The third-order valence-electron chi connectivity index (χ3n) is 3.79. The third-order valence-corrected chi connectivity index (χ3v) is 5.40. The van der Waals surface area contributed by atoms with Gasteiger partial charge in [-0.2, -0.15) is 11.8 Å². The summed E-state index contributed by atoms with van der Waals surface area (Å²) in [5.41, 5.74) is 1.05. The predicted octanol–water partition coefficient (Wildman–Crippen LogP) is 3.71. The highest BCUT2D eigenvalue weighted by atomic mass is 35.5. The van der Waals surface area contributed by atoms with Crippen LogP contribution in [0.4, 0.5) is 0 Å². The van der Waals surface area contributed by atoms with Gasteiger partial charge in [-0.05, 0) is 30.4 Å². The molecule has 1 aromatic rings. The first-order chi connectivity index (χ1) is 9.57. The number of nitrogens with one attached hydrogen (secondary N) is 1. The van der Waals surface area contributed by atoms with Crippen molar-refractivity contribution in [2.24, 2.45) is 5.92 Å². The van der Waals surface area contributed by atoms with Crippen molar-refractivity contribution in [1.29, 1.82) is 0 Å². The number of rotatable bonds is 8. The van der Waals surface area contributed by atoms with Gasteiger partial charge < -0.3 is 10.4 Å². The molecule has 2 N–H and O–H groups in total. The second-order valence-electron chi connectivity index (χ2n) is 5.97. The highest BCUT2D eigenvalue weighted by Gasteiger charge is 2.44. The first-order valence-electron chi connectivity index (χ1n) is 7.27. The van der Waals surface area contributed by atoms with Gasteiger partial charge in [-0.25, -0.2) is 0 Å². The van der Waals surface area contributed by atoms with Crippen LogP contribution in [0, 0.1) is 5.92 Å². The molecule has 1 unspecified atom stereocenters. The van der Waals surface area contributed by atoms with Gasteiger partial charge in [0.2, 0.25) is 0 Å². The Morgan fingerprint density at radius 3 is 2.65 bits per heavy atom. The summed E-state index contributed by atoms with van der Waals surface area (Å²) in [6.07, 6.45) is 2.46. The lowest BCUT2D eigenvalue weighted by Gasteiger charge is -2.35. The Morgan fingerprint density at radius 1 is 1.40 bits per heavy atom. The van der Waals surface area contributed by atoms with Crippen LogP contribution < -0.4 is 5.32 Å². The Hall–Kier alpha value is -0.220. The van der Waals surface area contributed by atoms with Gasteiger partial charge in [0.05, 0.1) is 12.1 Å². The van der Waals surface area contributed by atoms with Crippen LogP contribution >= 0.6 is 23.4 Å². The predicted molar refractivity (Wildman–Crippen MR) is 88.4 cm³/mol. The van der Waals surface area contributed by atoms with Gasteiger partial charge in [0, 0.05) is 22.6 Å². The van der Waals surface area contributed by atoms with E-state index in [9.17, 15) is 5.11 Å². The zero-order valence-corrected chi connectivity index (χ0v) is 13.8. The molecule has 0 aromatic heterocycles. The molecule has 0 amide bonds. The van der Waals surface area contributed by atoms with Crippen LogP contribution in [-0.4, -0.2) is 29.0 Å². The lowest BCUT2D eigenvalue weighted by atomic mass is 9.95. The summed E-state index contributed by atoms with van der Waals surface area (Å²) in [5.74, 6) is 2.44. The minimum atomic E-state index is -0.125. The molecule has 1 fully saturated rings. The summed E-state index contributed by atoms with van der Waals surface area (Å²) < 4.78 is 0. The van der Waals surface area contributed by atoms with Gasteiger partial charge in [-0.1, -0.05) is 43.6 Å². The van der Waals surface area contributed by atoms with E-state index in [-0.39, 0.29) is 12.1 Å². The van der Waals surface area contributed by atoms with Gasteiger partial charge in [0.15, 0.2) is 0 Å². The topological polar surface area (TPSA) is 32.3 Å². The van der Waals surface area contributed by atoms with Crippen molar-refractivity contribution in [3.63, 3.8) is 0 Å². The summed E-state index contributed by atoms with van der Waals surface area (Å²) in [7, 11) is 0. The molecule has 1 aliphatic rings. The van der Waals surface area contributed by atoms with E-state index in [0.717, 1.165) is 16.5 Å². The van der Waals surface area contributed by atoms with Gasteiger partial charge in [0.25, 0.3) is 0 Å². The van der Waals surface area contributed by atoms with Crippen molar-refractivity contribution in [3.05, 3.63) is 34.9 Å². The number of hydrogen-bond donors (Lipinski definition) is 2. The quantitative estimate of drug-likeness (QED) is 0.767. The van der Waals surface area contributed by atoms with Crippen molar-refractivity contribution in [2.45, 2.75) is 44.0 Å². The van der Waals surface area contributed by atoms with Crippen LogP contribution in [0.2, 0.25) is 5.02 Å². The minimum absolute atomic E-state index is 0.125. The second-order valence-corrected chi connectivity index (χ2v) is 7.36. The van der Waals surface area contributed by atoms with Gasteiger partial charge in [-0.15, -0.1) is 0 Å². The molecular formula is C16H24ClNOS. The molecule has 0 spiro atoms. The van der Waals surface area contributed by atoms with E-state index in [0.29, 0.717) is 12.0 Å². The van der Waals surface area contributed by atoms with Crippen LogP contribution in [0.25, 0.3) is 0 Å². The standard InChI is InChI=1S/C16H24ClNOS/c1-12(2)18-16(10-19,14-7-8-14)11-20-9-13-5-3-4-6-15(13)17/h3-6,12,14,18-19H,7-11H2,1-2H3. The molecule has 0 radical (unpaired) electrons. The van der Waals surface area contributed by atoms with Crippen LogP contribution in [0.1, 0.15) is 32.3 Å². The van der Waals surface area contributed by atoms with E-state index >= 15 is 0 Å². The Balaban J connectivity index is 1.93. The fourth-order valence-electron chi connectivity index (χ4n) is 2.67. The van der Waals surface area contributed by atoms with Crippen LogP contribution in [0.15, 0.2) is 24.3 Å². The molecule has 112 valence electrons. The molecule has 0 bridgehead atoms. The monoisotopic (exact) mass is 313 g/mol. The number of aliphatic hydroxyl groups is 1. The lowest BCUT2D eigenvalue weighted by molar-refractivity contribution is 0.150. The second kappa shape index (κ2) is 7.17. The number of hydrogen-bond acceptors (Lipinski definition) is 3. The van der Waals surface area contributed by atoms with Crippen molar-refractivity contribution in [2.75, 3.05) is 12.4 Å². The number of benzene rings is 1. The summed E-state index contributed by atoms with van der Waals surface area (Å²) >= 11 is 8.04. The molecule has 2 rings (SSSR count). The molecule has 1 aromatic carbocycles. The SMILES string of the molecule is CC(C)NC(CO)(CSCc1ccccc1Cl)C1CC1. The van der Waals surface area contributed by atoms with Crippen LogP contribution in [0.3, 0.4) is 0 Å². The normalized spacial score (nSPS) is 18.2. The summed E-state index contributed by atoms with van der Waals surface area (Å²) in [4.78, 5) is 0. The van der Waals surface area contributed by atoms with E-state index in [1.807, 2.05) is 30.0 Å². The molecule has 0 heterocycles. The Kier molecular flexibility index (Phi) is 5.79. The Morgan fingerprint density at radius 2 is 2.10 bits per heavy atom. The average Bonchev–Trinajstić information content (AvgIpc) is 3.24. The molecule has 0 aliphatic heterocycles. The van der Waals surface area contributed by atoms with Crippen molar-refractivity contribution in [1.82, 2.24) is 5.32 Å². The maximum atomic E-state index is 9.89. The van der Waals surface area contributed by atoms with E-state index in [4.69, 9.17) is 11.6 Å². The van der Waals surface area contributed by atoms with Crippen LogP contribution in [-0.2, 0) is 5.75 Å². The van der Waals surface area contributed by atoms with E-state index in [1.165, 1.54) is 18.4 Å². The smallest absolute Gasteiger partial charge is 0.0624 e. The number of thioether (sulfide) groups is 1. The fraction of sp³-hybridized carbons (Fsp3) is 0.625. The molecule has 1 aliphatic carbocycles. The van der Waals surface area contributed by atoms with E-state index in [1.54, 1.807) is 0 Å². The summed E-state index contributed by atoms with van der Waals surface area (Å²) in [6, 6.07) is 8.38. The molecule has 0 saturated heterocycles. The van der Waals surface area contributed by atoms with Gasteiger partial charge >= 0.3 is 0 Å². The lowest BCUT2D eigenvalue weighted by Crippen LogP contribution is -2.55. The summed E-state index contributed by atoms with van der Waals surface area (Å²) in [6.45, 7) is 4.50. The van der Waals surface area contributed by atoms with E-state index in [2.05, 4.69) is 25.2 Å². The largest absolute Gasteiger partial charge is 0.394 e. The first-order valence-corrected chi connectivity index (χ1v) is 8.80. The van der Waals surface area contributed by atoms with E-state index < -0.39 is 0 Å². The molecular weight excluding hydrogens is 290 g/mol. The summed E-state index contributed by atoms with van der Waals surface area (Å²) in [5, 5.41) is 14.3.